The molecule has 0 aliphatic heterocycles. The molecule has 5 nitrogen and oxygen atoms in total. The molecule has 1 aromatic heterocycles. The summed E-state index contributed by atoms with van der Waals surface area (Å²) in [6.07, 6.45) is 0. The second kappa shape index (κ2) is 8.47. The fourth-order valence-electron chi connectivity index (χ4n) is 3.29. The van der Waals surface area contributed by atoms with Crippen LogP contribution in [-0.4, -0.2) is 14.8 Å². The van der Waals surface area contributed by atoms with Crippen molar-refractivity contribution in [3.05, 3.63) is 89.5 Å². The molecule has 3 aromatic carbocycles. The van der Waals surface area contributed by atoms with Crippen molar-refractivity contribution in [2.75, 3.05) is 5.32 Å². The van der Waals surface area contributed by atoms with Gasteiger partial charge in [-0.3, -0.25) is 0 Å². The number of anilines is 1. The van der Waals surface area contributed by atoms with Gasteiger partial charge in [-0.05, 0) is 49.8 Å². The SMILES string of the molecule is Cc1ccc(Cn2c(O)c(N=NC(=S)Nc3ccc(C)cc3)c3ccccc32)cc1. The van der Waals surface area contributed by atoms with Crippen LogP contribution < -0.4 is 5.32 Å². The van der Waals surface area contributed by atoms with E-state index < -0.39 is 0 Å². The van der Waals surface area contributed by atoms with Crippen molar-refractivity contribution in [3.63, 3.8) is 0 Å². The first-order valence-corrected chi connectivity index (χ1v) is 10.1. The van der Waals surface area contributed by atoms with Crippen molar-refractivity contribution in [2.45, 2.75) is 20.4 Å². The molecular weight excluding hydrogens is 392 g/mol. The highest BCUT2D eigenvalue weighted by atomic mass is 32.1. The highest BCUT2D eigenvalue weighted by Gasteiger charge is 2.16. The summed E-state index contributed by atoms with van der Waals surface area (Å²) in [4.78, 5) is 0. The van der Waals surface area contributed by atoms with Crippen LogP contribution in [0, 0.1) is 13.8 Å². The highest BCUT2D eigenvalue weighted by molar-refractivity contribution is 7.80. The van der Waals surface area contributed by atoms with Crippen molar-refractivity contribution < 1.29 is 5.11 Å². The van der Waals surface area contributed by atoms with E-state index in [2.05, 4.69) is 46.7 Å². The quantitative estimate of drug-likeness (QED) is 0.296. The number of azo groups is 1. The zero-order valence-electron chi connectivity index (χ0n) is 16.8. The molecule has 6 heteroatoms. The molecule has 4 rings (SSSR count). The van der Waals surface area contributed by atoms with Gasteiger partial charge in [-0.1, -0.05) is 65.7 Å². The number of para-hydroxylation sites is 1. The molecular formula is C24H22N4OS. The molecule has 150 valence electrons. The molecule has 0 aliphatic rings. The largest absolute Gasteiger partial charge is 0.493 e. The Morgan fingerprint density at radius 1 is 0.933 bits per heavy atom. The molecule has 2 N–H and O–H groups in total. The second-order valence-electron chi connectivity index (χ2n) is 7.26. The summed E-state index contributed by atoms with van der Waals surface area (Å²) < 4.78 is 1.84. The van der Waals surface area contributed by atoms with Gasteiger partial charge in [0.1, 0.15) is 0 Å². The summed E-state index contributed by atoms with van der Waals surface area (Å²) >= 11 is 5.30. The normalized spacial score (nSPS) is 11.3. The number of aromatic hydroxyl groups is 1. The topological polar surface area (TPSA) is 61.9 Å². The molecule has 0 saturated carbocycles. The average Bonchev–Trinajstić information content (AvgIpc) is 3.01. The lowest BCUT2D eigenvalue weighted by Crippen LogP contribution is -2.04. The van der Waals surface area contributed by atoms with E-state index in [-0.39, 0.29) is 11.0 Å². The van der Waals surface area contributed by atoms with Crippen LogP contribution in [0.4, 0.5) is 11.4 Å². The predicted octanol–water partition coefficient (Wildman–Crippen LogP) is 6.49. The third kappa shape index (κ3) is 4.23. The number of benzene rings is 3. The van der Waals surface area contributed by atoms with E-state index in [0.29, 0.717) is 12.2 Å². The Kier molecular flexibility index (Phi) is 5.59. The summed E-state index contributed by atoms with van der Waals surface area (Å²) in [5, 5.41) is 23.4. The fraction of sp³-hybridized carbons (Fsp3) is 0.125. The Morgan fingerprint density at radius 2 is 1.57 bits per heavy atom. The molecule has 0 bridgehead atoms. The maximum atomic E-state index is 10.9. The van der Waals surface area contributed by atoms with Gasteiger partial charge in [0.2, 0.25) is 11.0 Å². The zero-order valence-corrected chi connectivity index (χ0v) is 17.6. The molecule has 0 radical (unpaired) electrons. The van der Waals surface area contributed by atoms with E-state index >= 15 is 0 Å². The Morgan fingerprint density at radius 3 is 2.27 bits per heavy atom. The number of aromatic nitrogens is 1. The van der Waals surface area contributed by atoms with Gasteiger partial charge in [0, 0.05) is 11.1 Å². The van der Waals surface area contributed by atoms with Crippen LogP contribution in [0.15, 0.2) is 83.0 Å². The van der Waals surface area contributed by atoms with Gasteiger partial charge in [0.25, 0.3) is 0 Å². The summed E-state index contributed by atoms with van der Waals surface area (Å²) in [5.74, 6) is 0.0682. The molecule has 0 spiro atoms. The minimum Gasteiger partial charge on any atom is -0.493 e. The molecule has 0 atom stereocenters. The van der Waals surface area contributed by atoms with Crippen LogP contribution in [0.1, 0.15) is 16.7 Å². The van der Waals surface area contributed by atoms with Crippen LogP contribution >= 0.6 is 12.2 Å². The molecule has 1 heterocycles. The Bertz CT molecular complexity index is 1220. The van der Waals surface area contributed by atoms with E-state index in [1.165, 1.54) is 11.1 Å². The molecule has 30 heavy (non-hydrogen) atoms. The summed E-state index contributed by atoms with van der Waals surface area (Å²) in [6, 6.07) is 23.8. The summed E-state index contributed by atoms with van der Waals surface area (Å²) in [6.45, 7) is 4.61. The van der Waals surface area contributed by atoms with Crippen LogP contribution in [0.25, 0.3) is 10.9 Å². The van der Waals surface area contributed by atoms with Crippen LogP contribution in [0.3, 0.4) is 0 Å². The average molecular weight is 415 g/mol. The van der Waals surface area contributed by atoms with Gasteiger partial charge >= 0.3 is 0 Å². The molecule has 0 aliphatic carbocycles. The van der Waals surface area contributed by atoms with Crippen LogP contribution in [0.5, 0.6) is 5.88 Å². The number of thiocarbonyl (C=S) groups is 1. The number of nitrogens with one attached hydrogen (secondary N) is 1. The van der Waals surface area contributed by atoms with Gasteiger partial charge in [0.05, 0.1) is 12.1 Å². The number of fused-ring (bicyclic) bond motifs is 1. The first kappa shape index (κ1) is 19.8. The van der Waals surface area contributed by atoms with E-state index in [9.17, 15) is 5.11 Å². The van der Waals surface area contributed by atoms with Crippen LogP contribution in [-0.2, 0) is 6.54 Å². The van der Waals surface area contributed by atoms with Crippen molar-refractivity contribution >= 4 is 39.6 Å². The van der Waals surface area contributed by atoms with E-state index in [1.807, 2.05) is 60.0 Å². The maximum absolute atomic E-state index is 10.9. The van der Waals surface area contributed by atoms with Crippen molar-refractivity contribution in [2.24, 2.45) is 10.2 Å². The first-order chi connectivity index (χ1) is 14.5. The molecule has 0 saturated heterocycles. The molecule has 0 unspecified atom stereocenters. The Labute approximate surface area is 180 Å². The number of rotatable bonds is 4. The van der Waals surface area contributed by atoms with Crippen molar-refractivity contribution in [3.8, 4) is 5.88 Å². The smallest absolute Gasteiger partial charge is 0.221 e. The molecule has 0 amide bonds. The fourth-order valence-corrected chi connectivity index (χ4v) is 3.45. The minimum absolute atomic E-state index is 0.0682. The lowest BCUT2D eigenvalue weighted by molar-refractivity contribution is 0.429. The van der Waals surface area contributed by atoms with Crippen molar-refractivity contribution in [1.82, 2.24) is 4.57 Å². The van der Waals surface area contributed by atoms with Gasteiger partial charge < -0.3 is 15.0 Å². The Hall–Kier alpha value is -3.51. The van der Waals surface area contributed by atoms with Gasteiger partial charge in [-0.15, -0.1) is 10.2 Å². The monoisotopic (exact) mass is 414 g/mol. The van der Waals surface area contributed by atoms with Crippen LogP contribution in [0.2, 0.25) is 0 Å². The predicted molar refractivity (Wildman–Crippen MR) is 126 cm³/mol. The minimum atomic E-state index is 0.0682. The van der Waals surface area contributed by atoms with E-state index in [0.717, 1.165) is 22.2 Å². The number of hydrogen-bond acceptors (Lipinski definition) is 3. The van der Waals surface area contributed by atoms with E-state index in [1.54, 1.807) is 0 Å². The first-order valence-electron chi connectivity index (χ1n) is 9.66. The van der Waals surface area contributed by atoms with Crippen molar-refractivity contribution in [1.29, 1.82) is 0 Å². The Balaban J connectivity index is 1.63. The highest BCUT2D eigenvalue weighted by Crippen LogP contribution is 2.39. The number of hydrogen-bond donors (Lipinski definition) is 2. The molecule has 4 aromatic rings. The number of aryl methyl sites for hydroxylation is 2. The lowest BCUT2D eigenvalue weighted by Gasteiger charge is -2.07. The number of nitrogens with zero attached hydrogens (tertiary/aromatic N) is 3. The third-order valence-electron chi connectivity index (χ3n) is 4.92. The zero-order chi connectivity index (χ0) is 21.1. The van der Waals surface area contributed by atoms with E-state index in [4.69, 9.17) is 12.2 Å². The van der Waals surface area contributed by atoms with Gasteiger partial charge in [-0.25, -0.2) is 0 Å². The summed E-state index contributed by atoms with van der Waals surface area (Å²) in [5.41, 5.74) is 5.60. The van der Waals surface area contributed by atoms with Gasteiger partial charge in [-0.2, -0.15) is 0 Å². The second-order valence-corrected chi connectivity index (χ2v) is 7.64. The lowest BCUT2D eigenvalue weighted by atomic mass is 10.1. The maximum Gasteiger partial charge on any atom is 0.221 e. The molecule has 0 fully saturated rings. The standard InChI is InChI=1S/C24H22N4OS/c1-16-7-11-18(12-8-16)15-28-21-6-4-3-5-20(21)22(23(28)29)26-27-24(30)25-19-13-9-17(2)10-14-19/h3-14,29H,15H2,1-2H3,(H,25,30). The summed E-state index contributed by atoms with van der Waals surface area (Å²) in [7, 11) is 0. The third-order valence-corrected chi connectivity index (χ3v) is 5.11. The van der Waals surface area contributed by atoms with Gasteiger partial charge in [0.15, 0.2) is 5.69 Å².